The molecule has 0 amide bonds. The number of benzene rings is 1. The summed E-state index contributed by atoms with van der Waals surface area (Å²) in [7, 11) is 0. The highest BCUT2D eigenvalue weighted by atomic mass is 35.5. The number of rotatable bonds is 4. The van der Waals surface area contributed by atoms with Gasteiger partial charge in [0.25, 0.3) is 6.43 Å². The van der Waals surface area contributed by atoms with E-state index in [9.17, 15) is 8.78 Å². The Bertz CT molecular complexity index is 582. The Kier molecular flexibility index (Phi) is 4.42. The minimum absolute atomic E-state index is 0.0771. The van der Waals surface area contributed by atoms with Gasteiger partial charge < -0.3 is 0 Å². The van der Waals surface area contributed by atoms with Crippen molar-refractivity contribution >= 4 is 23.2 Å². The highest BCUT2D eigenvalue weighted by Gasteiger charge is 2.22. The van der Waals surface area contributed by atoms with Crippen LogP contribution in [0.1, 0.15) is 28.8 Å². The number of alkyl halides is 3. The van der Waals surface area contributed by atoms with Crippen molar-refractivity contribution < 1.29 is 8.78 Å². The van der Waals surface area contributed by atoms with E-state index in [1.165, 1.54) is 4.68 Å². The average molecular weight is 305 g/mol. The smallest absolute Gasteiger partial charge is 0.249 e. The van der Waals surface area contributed by atoms with Gasteiger partial charge in [0.2, 0.25) is 0 Å². The Labute approximate surface area is 119 Å². The summed E-state index contributed by atoms with van der Waals surface area (Å²) in [6.07, 6.45) is -2.68. The molecule has 0 aliphatic rings. The van der Waals surface area contributed by atoms with Crippen LogP contribution in [0.2, 0.25) is 5.15 Å². The maximum Gasteiger partial charge on any atom is 0.282 e. The lowest BCUT2D eigenvalue weighted by atomic mass is 10.1. The summed E-state index contributed by atoms with van der Waals surface area (Å²) >= 11 is 11.7. The molecule has 0 spiro atoms. The Hall–Kier alpha value is -1.13. The van der Waals surface area contributed by atoms with Crippen LogP contribution in [-0.4, -0.2) is 9.78 Å². The van der Waals surface area contributed by atoms with E-state index in [0.717, 1.165) is 11.1 Å². The molecule has 2 nitrogen and oxygen atoms in total. The third-order valence-electron chi connectivity index (χ3n) is 2.77. The van der Waals surface area contributed by atoms with Gasteiger partial charge in [-0.25, -0.2) is 13.5 Å². The third-order valence-corrected chi connectivity index (χ3v) is 3.46. The van der Waals surface area contributed by atoms with Gasteiger partial charge in [-0.3, -0.25) is 0 Å². The van der Waals surface area contributed by atoms with Gasteiger partial charge in [-0.05, 0) is 12.5 Å². The first-order valence-electron chi connectivity index (χ1n) is 5.67. The SMILES string of the molecule is Cc1cccc(Cn2nc(C(F)F)c(CCl)c2Cl)c1. The second kappa shape index (κ2) is 5.88. The predicted molar refractivity (Wildman–Crippen MR) is 72.0 cm³/mol. The number of aromatic nitrogens is 2. The molecule has 0 unspecified atom stereocenters. The zero-order chi connectivity index (χ0) is 14.0. The lowest BCUT2D eigenvalue weighted by Gasteiger charge is -2.04. The summed E-state index contributed by atoms with van der Waals surface area (Å²) in [6.45, 7) is 2.31. The molecule has 1 heterocycles. The van der Waals surface area contributed by atoms with Gasteiger partial charge in [0, 0.05) is 5.56 Å². The molecule has 0 saturated heterocycles. The van der Waals surface area contributed by atoms with E-state index in [1.807, 2.05) is 31.2 Å². The summed E-state index contributed by atoms with van der Waals surface area (Å²) in [5.74, 6) is -0.0771. The van der Waals surface area contributed by atoms with Crippen LogP contribution < -0.4 is 0 Å². The highest BCUT2D eigenvalue weighted by Crippen LogP contribution is 2.29. The van der Waals surface area contributed by atoms with Crippen LogP contribution >= 0.6 is 23.2 Å². The Morgan fingerprint density at radius 3 is 2.63 bits per heavy atom. The summed E-state index contributed by atoms with van der Waals surface area (Å²) in [5, 5.41) is 4.03. The third kappa shape index (κ3) is 3.07. The number of hydrogen-bond donors (Lipinski definition) is 0. The highest BCUT2D eigenvalue weighted by molar-refractivity contribution is 6.31. The van der Waals surface area contributed by atoms with Crippen LogP contribution in [0, 0.1) is 6.92 Å². The lowest BCUT2D eigenvalue weighted by Crippen LogP contribution is -2.02. The maximum absolute atomic E-state index is 12.8. The molecule has 1 aromatic carbocycles. The minimum Gasteiger partial charge on any atom is -0.249 e. The van der Waals surface area contributed by atoms with Crippen LogP contribution in [0.4, 0.5) is 8.78 Å². The molecule has 0 atom stereocenters. The van der Waals surface area contributed by atoms with Crippen LogP contribution in [0.15, 0.2) is 24.3 Å². The van der Waals surface area contributed by atoms with Gasteiger partial charge >= 0.3 is 0 Å². The second-order valence-electron chi connectivity index (χ2n) is 4.24. The van der Waals surface area contributed by atoms with Crippen molar-refractivity contribution in [1.29, 1.82) is 0 Å². The van der Waals surface area contributed by atoms with E-state index >= 15 is 0 Å². The number of hydrogen-bond acceptors (Lipinski definition) is 1. The molecule has 0 saturated carbocycles. The molecule has 19 heavy (non-hydrogen) atoms. The van der Waals surface area contributed by atoms with E-state index in [1.54, 1.807) is 0 Å². The van der Waals surface area contributed by atoms with Crippen LogP contribution in [-0.2, 0) is 12.4 Å². The van der Waals surface area contributed by atoms with Gasteiger partial charge in [0.15, 0.2) is 0 Å². The first-order valence-corrected chi connectivity index (χ1v) is 6.59. The lowest BCUT2D eigenvalue weighted by molar-refractivity contribution is 0.144. The van der Waals surface area contributed by atoms with Crippen molar-refractivity contribution in [3.8, 4) is 0 Å². The molecule has 102 valence electrons. The van der Waals surface area contributed by atoms with Crippen molar-refractivity contribution in [2.75, 3.05) is 0 Å². The monoisotopic (exact) mass is 304 g/mol. The normalized spacial score (nSPS) is 11.3. The second-order valence-corrected chi connectivity index (χ2v) is 4.86. The molecule has 6 heteroatoms. The molecule has 0 fully saturated rings. The Morgan fingerprint density at radius 1 is 1.37 bits per heavy atom. The fourth-order valence-electron chi connectivity index (χ4n) is 1.88. The van der Waals surface area contributed by atoms with E-state index in [-0.39, 0.29) is 22.3 Å². The van der Waals surface area contributed by atoms with Crippen LogP contribution in [0.3, 0.4) is 0 Å². The predicted octanol–water partition coefficient (Wildman–Crippen LogP) is 4.57. The summed E-state index contributed by atoms with van der Waals surface area (Å²) in [5.41, 5.74) is 1.90. The van der Waals surface area contributed by atoms with Crippen molar-refractivity contribution in [1.82, 2.24) is 9.78 Å². The molecule has 2 rings (SSSR count). The standard InChI is InChI=1S/C13H12Cl2F2N2/c1-8-3-2-4-9(5-8)7-19-12(15)10(6-14)11(18-19)13(16)17/h2-5,13H,6-7H2,1H3. The average Bonchev–Trinajstić information content (AvgIpc) is 2.66. The van der Waals surface area contributed by atoms with E-state index in [2.05, 4.69) is 5.10 Å². The minimum atomic E-state index is -2.68. The van der Waals surface area contributed by atoms with Crippen LogP contribution in [0.25, 0.3) is 0 Å². The number of nitrogens with zero attached hydrogens (tertiary/aromatic N) is 2. The topological polar surface area (TPSA) is 17.8 Å². The summed E-state index contributed by atoms with van der Waals surface area (Å²) < 4.78 is 27.0. The number of aryl methyl sites for hydroxylation is 1. The largest absolute Gasteiger partial charge is 0.282 e. The zero-order valence-electron chi connectivity index (χ0n) is 10.2. The van der Waals surface area contributed by atoms with Gasteiger partial charge in [-0.2, -0.15) is 5.10 Å². The van der Waals surface area contributed by atoms with Gasteiger partial charge in [0.05, 0.1) is 12.4 Å². The van der Waals surface area contributed by atoms with E-state index in [4.69, 9.17) is 23.2 Å². The summed E-state index contributed by atoms with van der Waals surface area (Å²) in [4.78, 5) is 0. The number of halogens is 4. The fraction of sp³-hybridized carbons (Fsp3) is 0.308. The maximum atomic E-state index is 12.8. The van der Waals surface area contributed by atoms with Crippen molar-refractivity contribution in [2.24, 2.45) is 0 Å². The molecule has 0 aliphatic carbocycles. The van der Waals surface area contributed by atoms with Crippen molar-refractivity contribution in [3.05, 3.63) is 51.8 Å². The van der Waals surface area contributed by atoms with Crippen LogP contribution in [0.5, 0.6) is 0 Å². The van der Waals surface area contributed by atoms with Crippen molar-refractivity contribution in [2.45, 2.75) is 25.8 Å². The quantitative estimate of drug-likeness (QED) is 0.757. The Morgan fingerprint density at radius 2 is 2.11 bits per heavy atom. The van der Waals surface area contributed by atoms with E-state index in [0.29, 0.717) is 6.54 Å². The van der Waals surface area contributed by atoms with Crippen molar-refractivity contribution in [3.63, 3.8) is 0 Å². The molecule has 1 aromatic heterocycles. The first kappa shape index (κ1) is 14.3. The molecule has 0 N–H and O–H groups in total. The van der Waals surface area contributed by atoms with Gasteiger partial charge in [-0.15, -0.1) is 11.6 Å². The molecular formula is C13H12Cl2F2N2. The summed E-state index contributed by atoms with van der Waals surface area (Å²) in [6, 6.07) is 7.72. The van der Waals surface area contributed by atoms with Gasteiger partial charge in [-0.1, -0.05) is 41.4 Å². The molecule has 0 radical (unpaired) electrons. The molecule has 2 aromatic rings. The molecule has 0 bridgehead atoms. The first-order chi connectivity index (χ1) is 9.02. The molecule has 0 aliphatic heterocycles. The Balaban J connectivity index is 2.35. The zero-order valence-corrected chi connectivity index (χ0v) is 11.7. The molecular weight excluding hydrogens is 293 g/mol. The fourth-order valence-corrected chi connectivity index (χ4v) is 2.48. The van der Waals surface area contributed by atoms with E-state index < -0.39 is 6.43 Å². The van der Waals surface area contributed by atoms with Gasteiger partial charge in [0.1, 0.15) is 10.8 Å².